The van der Waals surface area contributed by atoms with E-state index >= 15 is 0 Å². The normalized spacial score (nSPS) is 29.3. The highest BCUT2D eigenvalue weighted by Crippen LogP contribution is 2.49. The summed E-state index contributed by atoms with van der Waals surface area (Å²) in [6.07, 6.45) is 0. The summed E-state index contributed by atoms with van der Waals surface area (Å²) in [6.45, 7) is 0.204. The van der Waals surface area contributed by atoms with Crippen LogP contribution in [0.15, 0.2) is 30.3 Å². The molecule has 0 bridgehead atoms. The summed E-state index contributed by atoms with van der Waals surface area (Å²) in [4.78, 5) is 35.0. The van der Waals surface area contributed by atoms with Crippen molar-refractivity contribution in [2.45, 2.75) is 12.6 Å². The van der Waals surface area contributed by atoms with Crippen LogP contribution in [0.1, 0.15) is 5.56 Å². The van der Waals surface area contributed by atoms with Crippen molar-refractivity contribution in [3.63, 3.8) is 0 Å². The average molecular weight is 246 g/mol. The van der Waals surface area contributed by atoms with Crippen LogP contribution in [0, 0.1) is 22.0 Å². The lowest BCUT2D eigenvalue weighted by atomic mass is 10.2. The molecular formula is C12H10N2O4. The van der Waals surface area contributed by atoms with Gasteiger partial charge < -0.3 is 0 Å². The number of nitrogens with zero attached hydrogens (tertiary/aromatic N) is 2. The smallest absolute Gasteiger partial charge is 0.240 e. The number of carbonyl (C=O) groups is 2. The van der Waals surface area contributed by atoms with Crippen molar-refractivity contribution < 1.29 is 14.5 Å². The summed E-state index contributed by atoms with van der Waals surface area (Å²) in [7, 11) is 0. The SMILES string of the molecule is O=C1[C@@H]2[C@H](C(=O)N1Cc1ccccc1)[C@H]2[N+](=O)[O-]. The molecule has 1 heterocycles. The average Bonchev–Trinajstić information content (AvgIpc) is 3.05. The second-order valence-corrected chi connectivity index (χ2v) is 4.58. The molecule has 2 amide bonds. The molecule has 1 saturated carbocycles. The zero-order valence-corrected chi connectivity index (χ0v) is 9.35. The molecule has 3 rings (SSSR count). The monoisotopic (exact) mass is 246 g/mol. The maximum absolute atomic E-state index is 11.9. The molecule has 0 spiro atoms. The van der Waals surface area contributed by atoms with Crippen LogP contribution in [0.4, 0.5) is 0 Å². The van der Waals surface area contributed by atoms with Gasteiger partial charge in [0.1, 0.15) is 11.8 Å². The Morgan fingerprint density at radius 3 is 2.17 bits per heavy atom. The minimum Gasteiger partial charge on any atom is -0.277 e. The van der Waals surface area contributed by atoms with Crippen LogP contribution in [0.25, 0.3) is 0 Å². The van der Waals surface area contributed by atoms with Gasteiger partial charge in [-0.05, 0) is 5.56 Å². The van der Waals surface area contributed by atoms with Gasteiger partial charge in [-0.2, -0.15) is 0 Å². The van der Waals surface area contributed by atoms with Crippen molar-refractivity contribution in [2.24, 2.45) is 11.8 Å². The lowest BCUT2D eigenvalue weighted by Gasteiger charge is -2.16. The zero-order valence-electron chi connectivity index (χ0n) is 9.35. The van der Waals surface area contributed by atoms with Gasteiger partial charge in [0.25, 0.3) is 0 Å². The number of carbonyl (C=O) groups excluding carboxylic acids is 2. The van der Waals surface area contributed by atoms with E-state index in [2.05, 4.69) is 0 Å². The highest BCUT2D eigenvalue weighted by Gasteiger charge is 2.75. The van der Waals surface area contributed by atoms with E-state index in [1.807, 2.05) is 30.3 Å². The highest BCUT2D eigenvalue weighted by atomic mass is 16.6. The number of nitro groups is 1. The molecule has 2 aliphatic rings. The topological polar surface area (TPSA) is 80.5 Å². The first-order valence-corrected chi connectivity index (χ1v) is 5.64. The number of imide groups is 1. The standard InChI is InChI=1S/C12H10N2O4/c15-11-8-9(10(8)14(17)18)12(16)13(11)6-7-4-2-1-3-5-7/h1-5,8-10H,6H2/t8-,9+,10+. The third-order valence-electron chi connectivity index (χ3n) is 3.51. The van der Waals surface area contributed by atoms with Gasteiger partial charge in [0, 0.05) is 4.92 Å². The van der Waals surface area contributed by atoms with Gasteiger partial charge in [0.15, 0.2) is 0 Å². The van der Waals surface area contributed by atoms with E-state index in [-0.39, 0.29) is 6.54 Å². The Labute approximate surface area is 102 Å². The number of hydrogen-bond acceptors (Lipinski definition) is 4. The van der Waals surface area contributed by atoms with Crippen LogP contribution in [-0.4, -0.2) is 27.7 Å². The van der Waals surface area contributed by atoms with Crippen LogP contribution in [0.2, 0.25) is 0 Å². The minimum atomic E-state index is -0.989. The Hall–Kier alpha value is -2.24. The van der Waals surface area contributed by atoms with E-state index in [0.717, 1.165) is 10.5 Å². The van der Waals surface area contributed by atoms with Gasteiger partial charge >= 0.3 is 0 Å². The Balaban J connectivity index is 1.76. The molecule has 0 unspecified atom stereocenters. The largest absolute Gasteiger partial charge is 0.277 e. The summed E-state index contributed by atoms with van der Waals surface area (Å²) in [5.41, 5.74) is 0.846. The maximum atomic E-state index is 11.9. The first-order chi connectivity index (χ1) is 8.61. The van der Waals surface area contributed by atoms with Crippen molar-refractivity contribution in [3.8, 4) is 0 Å². The molecule has 6 heteroatoms. The van der Waals surface area contributed by atoms with Crippen molar-refractivity contribution in [1.29, 1.82) is 0 Å². The molecule has 3 atom stereocenters. The summed E-state index contributed by atoms with van der Waals surface area (Å²) < 4.78 is 0. The van der Waals surface area contributed by atoms with Crippen molar-refractivity contribution >= 4 is 11.8 Å². The number of benzene rings is 1. The number of amides is 2. The minimum absolute atomic E-state index is 0.204. The Kier molecular flexibility index (Phi) is 2.19. The van der Waals surface area contributed by atoms with Gasteiger partial charge in [-0.15, -0.1) is 0 Å². The van der Waals surface area contributed by atoms with Crippen molar-refractivity contribution in [1.82, 2.24) is 4.90 Å². The summed E-state index contributed by atoms with van der Waals surface area (Å²) in [6, 6.07) is 8.13. The van der Waals surface area contributed by atoms with E-state index in [1.165, 1.54) is 0 Å². The van der Waals surface area contributed by atoms with Crippen molar-refractivity contribution in [2.75, 3.05) is 0 Å². The molecule has 1 aromatic rings. The third-order valence-corrected chi connectivity index (χ3v) is 3.51. The number of hydrogen-bond donors (Lipinski definition) is 0. The number of likely N-dealkylation sites (tertiary alicyclic amines) is 1. The molecule has 1 aliphatic heterocycles. The summed E-state index contributed by atoms with van der Waals surface area (Å²) >= 11 is 0. The number of rotatable bonds is 3. The van der Waals surface area contributed by atoms with Crippen LogP contribution in [0.5, 0.6) is 0 Å². The summed E-state index contributed by atoms with van der Waals surface area (Å²) in [5.74, 6) is -2.27. The van der Waals surface area contributed by atoms with E-state index < -0.39 is 34.6 Å². The van der Waals surface area contributed by atoms with Gasteiger partial charge in [-0.3, -0.25) is 24.6 Å². The van der Waals surface area contributed by atoms with Crippen LogP contribution in [-0.2, 0) is 16.1 Å². The van der Waals surface area contributed by atoms with Gasteiger partial charge in [0.2, 0.25) is 17.9 Å². The summed E-state index contributed by atoms with van der Waals surface area (Å²) in [5, 5.41) is 10.6. The first-order valence-electron chi connectivity index (χ1n) is 5.64. The lowest BCUT2D eigenvalue weighted by molar-refractivity contribution is -0.500. The quantitative estimate of drug-likeness (QED) is 0.440. The molecule has 2 fully saturated rings. The highest BCUT2D eigenvalue weighted by molar-refractivity contribution is 6.10. The maximum Gasteiger partial charge on any atom is 0.240 e. The number of piperidine rings is 1. The first kappa shape index (κ1) is 10.9. The Morgan fingerprint density at radius 2 is 1.67 bits per heavy atom. The Bertz CT molecular complexity index is 520. The van der Waals surface area contributed by atoms with Gasteiger partial charge in [0.05, 0.1) is 6.54 Å². The molecular weight excluding hydrogens is 236 g/mol. The molecule has 92 valence electrons. The molecule has 1 aromatic carbocycles. The van der Waals surface area contributed by atoms with E-state index in [4.69, 9.17) is 0 Å². The Morgan fingerprint density at radius 1 is 1.11 bits per heavy atom. The van der Waals surface area contributed by atoms with E-state index in [9.17, 15) is 19.7 Å². The molecule has 0 N–H and O–H groups in total. The third kappa shape index (κ3) is 1.42. The van der Waals surface area contributed by atoms with Crippen LogP contribution in [0.3, 0.4) is 0 Å². The molecule has 18 heavy (non-hydrogen) atoms. The zero-order chi connectivity index (χ0) is 12.9. The predicted molar refractivity (Wildman–Crippen MR) is 59.8 cm³/mol. The fraction of sp³-hybridized carbons (Fsp3) is 0.333. The molecule has 1 saturated heterocycles. The predicted octanol–water partition coefficient (Wildman–Crippen LogP) is 0.447. The fourth-order valence-electron chi connectivity index (χ4n) is 2.55. The molecule has 0 radical (unpaired) electrons. The van der Waals surface area contributed by atoms with Gasteiger partial charge in [-0.25, -0.2) is 0 Å². The second kappa shape index (κ2) is 3.63. The lowest BCUT2D eigenvalue weighted by Crippen LogP contribution is -2.36. The number of fused-ring (bicyclic) bond motifs is 1. The van der Waals surface area contributed by atoms with Gasteiger partial charge in [-0.1, -0.05) is 30.3 Å². The van der Waals surface area contributed by atoms with Crippen LogP contribution >= 0.6 is 0 Å². The molecule has 1 aliphatic carbocycles. The fourth-order valence-corrected chi connectivity index (χ4v) is 2.55. The molecule has 0 aromatic heterocycles. The van der Waals surface area contributed by atoms with Crippen LogP contribution < -0.4 is 0 Å². The van der Waals surface area contributed by atoms with E-state index in [0.29, 0.717) is 0 Å². The van der Waals surface area contributed by atoms with E-state index in [1.54, 1.807) is 0 Å². The van der Waals surface area contributed by atoms with Crippen molar-refractivity contribution in [3.05, 3.63) is 46.0 Å². The molecule has 6 nitrogen and oxygen atoms in total. The second-order valence-electron chi connectivity index (χ2n) is 4.58.